The van der Waals surface area contributed by atoms with Crippen LogP contribution in [0, 0.1) is 0 Å². The van der Waals surface area contributed by atoms with Gasteiger partial charge in [0.1, 0.15) is 11.5 Å². The molecule has 0 saturated heterocycles. The molecule has 0 aliphatic heterocycles. The molecule has 0 aliphatic carbocycles. The van der Waals surface area contributed by atoms with Crippen molar-refractivity contribution < 1.29 is 18.6 Å². The molecule has 4 nitrogen and oxygen atoms in total. The van der Waals surface area contributed by atoms with E-state index in [1.54, 1.807) is 0 Å². The summed E-state index contributed by atoms with van der Waals surface area (Å²) >= 11 is 0. The van der Waals surface area contributed by atoms with E-state index in [2.05, 4.69) is 121 Å². The number of sulfone groups is 1. The summed E-state index contributed by atoms with van der Waals surface area (Å²) < 4.78 is 24.2. The molecule has 0 bridgehead atoms. The average molecular weight is 591 g/mol. The van der Waals surface area contributed by atoms with Gasteiger partial charge in [-0.25, -0.2) is 8.42 Å². The average Bonchev–Trinajstić information content (AvgIpc) is 3.04. The van der Waals surface area contributed by atoms with Gasteiger partial charge in [0.15, 0.2) is 0 Å². The molecule has 0 fully saturated rings. The predicted molar refractivity (Wildman–Crippen MR) is 174 cm³/mol. The number of hydrogen-bond donors (Lipinski definition) is 2. The van der Waals surface area contributed by atoms with Gasteiger partial charge in [0.05, 0.1) is 9.79 Å². The Morgan fingerprint density at radius 1 is 0.357 bits per heavy atom. The molecule has 6 aromatic rings. The molecule has 0 unspecified atom stereocenters. The number of aromatic hydroxyl groups is 2. The van der Waals surface area contributed by atoms with Crippen LogP contribution in [0.4, 0.5) is 0 Å². The molecule has 0 saturated carbocycles. The predicted octanol–water partition coefficient (Wildman–Crippen LogP) is 5.97. The molecule has 6 rings (SSSR count). The number of phenolic OH excluding ortho intramolecular Hbond substituents is 2. The molecule has 6 aromatic carbocycles. The summed E-state index contributed by atoms with van der Waals surface area (Å²) in [6.45, 7) is 0. The molecule has 0 aliphatic rings. The fraction of sp³-hybridized carbons (Fsp3) is 0. The molecular formula is C36H31O4PS. The summed E-state index contributed by atoms with van der Waals surface area (Å²) in [4.78, 5) is 0.196. The van der Waals surface area contributed by atoms with E-state index in [-0.39, 0.29) is 21.3 Å². The molecule has 0 atom stereocenters. The molecule has 210 valence electrons. The number of benzene rings is 6. The van der Waals surface area contributed by atoms with Crippen LogP contribution in [-0.2, 0) is 9.84 Å². The topological polar surface area (TPSA) is 74.6 Å². The van der Waals surface area contributed by atoms with Crippen molar-refractivity contribution in [2.24, 2.45) is 0 Å². The summed E-state index contributed by atoms with van der Waals surface area (Å²) in [6.07, 6.45) is 0. The first kappa shape index (κ1) is 28.8. The van der Waals surface area contributed by atoms with Crippen molar-refractivity contribution in [2.45, 2.75) is 9.79 Å². The van der Waals surface area contributed by atoms with Gasteiger partial charge in [0.25, 0.3) is 0 Å². The van der Waals surface area contributed by atoms with E-state index in [1.165, 1.54) is 69.7 Å². The Morgan fingerprint density at radius 2 is 0.595 bits per heavy atom. The van der Waals surface area contributed by atoms with Gasteiger partial charge in [-0.3, -0.25) is 0 Å². The van der Waals surface area contributed by atoms with Gasteiger partial charge < -0.3 is 10.2 Å². The number of rotatable bonds is 6. The van der Waals surface area contributed by atoms with Gasteiger partial charge in [0.2, 0.25) is 9.84 Å². The zero-order chi connectivity index (χ0) is 29.4. The third-order valence-electron chi connectivity index (χ3n) is 7.12. The molecule has 0 radical (unpaired) electrons. The van der Waals surface area contributed by atoms with Crippen LogP contribution >= 0.6 is 7.26 Å². The monoisotopic (exact) mass is 590 g/mol. The third kappa shape index (κ3) is 5.99. The molecule has 2 N–H and O–H groups in total. The Kier molecular flexibility index (Phi) is 8.83. The first-order valence-corrected chi connectivity index (χ1v) is 17.0. The van der Waals surface area contributed by atoms with E-state index in [9.17, 15) is 8.42 Å². The summed E-state index contributed by atoms with van der Waals surface area (Å²) in [7, 11) is -5.89. The van der Waals surface area contributed by atoms with Crippen LogP contribution in [0.25, 0.3) is 0 Å². The SMILES string of the molecule is O=S(=O)(c1ccc(O)cc1)c1ccc(O)cc1.c1ccc([PH](c2ccccc2)(c2ccccc2)c2ccccc2)cc1. The molecular weight excluding hydrogens is 559 g/mol. The second-order valence-corrected chi connectivity index (χ2v) is 15.5. The molecule has 6 heteroatoms. The minimum absolute atomic E-state index is 0.00894. The van der Waals surface area contributed by atoms with E-state index >= 15 is 0 Å². The van der Waals surface area contributed by atoms with Crippen LogP contribution in [0.3, 0.4) is 0 Å². The van der Waals surface area contributed by atoms with Gasteiger partial charge in [-0.1, -0.05) is 0 Å². The van der Waals surface area contributed by atoms with E-state index in [1.807, 2.05) is 0 Å². The van der Waals surface area contributed by atoms with Gasteiger partial charge in [-0.05, 0) is 48.5 Å². The number of phenols is 2. The fourth-order valence-electron chi connectivity index (χ4n) is 5.14. The first-order chi connectivity index (χ1) is 20.4. The number of hydrogen-bond acceptors (Lipinski definition) is 4. The Hall–Kier alpha value is -4.70. The van der Waals surface area contributed by atoms with Crippen molar-refractivity contribution in [1.82, 2.24) is 0 Å². The normalized spacial score (nSPS) is 11.6. The maximum atomic E-state index is 12.1. The van der Waals surface area contributed by atoms with Crippen molar-refractivity contribution in [1.29, 1.82) is 0 Å². The maximum absolute atomic E-state index is 12.1. The van der Waals surface area contributed by atoms with Gasteiger partial charge in [0, 0.05) is 0 Å². The van der Waals surface area contributed by atoms with E-state index in [4.69, 9.17) is 10.2 Å². The van der Waals surface area contributed by atoms with Gasteiger partial charge in [-0.15, -0.1) is 0 Å². The second kappa shape index (κ2) is 12.9. The van der Waals surface area contributed by atoms with Gasteiger partial charge >= 0.3 is 150 Å². The van der Waals surface area contributed by atoms with Crippen molar-refractivity contribution in [3.8, 4) is 11.5 Å². The Bertz CT molecular complexity index is 1600. The third-order valence-corrected chi connectivity index (χ3v) is 13.7. The van der Waals surface area contributed by atoms with Crippen LogP contribution in [-0.4, -0.2) is 18.6 Å². The van der Waals surface area contributed by atoms with Gasteiger partial charge in [-0.2, -0.15) is 0 Å². The quantitative estimate of drug-likeness (QED) is 0.235. The van der Waals surface area contributed by atoms with Crippen LogP contribution < -0.4 is 21.2 Å². The minimum atomic E-state index is -3.59. The van der Waals surface area contributed by atoms with Crippen LogP contribution in [0.1, 0.15) is 0 Å². The van der Waals surface area contributed by atoms with E-state index < -0.39 is 17.1 Å². The molecule has 0 spiro atoms. The molecule has 0 amide bonds. The Labute approximate surface area is 247 Å². The summed E-state index contributed by atoms with van der Waals surface area (Å²) in [5.74, 6) is 0.0179. The van der Waals surface area contributed by atoms with E-state index in [0.29, 0.717) is 0 Å². The summed E-state index contributed by atoms with van der Waals surface area (Å²) in [5, 5.41) is 23.9. The van der Waals surface area contributed by atoms with Crippen molar-refractivity contribution in [3.63, 3.8) is 0 Å². The van der Waals surface area contributed by atoms with E-state index in [0.717, 1.165) is 0 Å². The van der Waals surface area contributed by atoms with Crippen LogP contribution in [0.15, 0.2) is 180 Å². The Balaban J connectivity index is 0.000000181. The second-order valence-electron chi connectivity index (χ2n) is 9.71. The van der Waals surface area contributed by atoms with Crippen LogP contribution in [0.5, 0.6) is 11.5 Å². The van der Waals surface area contributed by atoms with Crippen molar-refractivity contribution in [3.05, 3.63) is 170 Å². The molecule has 0 aromatic heterocycles. The van der Waals surface area contributed by atoms with Crippen molar-refractivity contribution in [2.75, 3.05) is 0 Å². The zero-order valence-corrected chi connectivity index (χ0v) is 24.6. The fourth-order valence-corrected chi connectivity index (χ4v) is 11.2. The zero-order valence-electron chi connectivity index (χ0n) is 22.8. The standard InChI is InChI=1S/C24H21P.C12H10O4S/c1-5-13-21(14-6-1)25(22-15-7-2-8-16-22,23-17-9-3-10-18-23)24-19-11-4-12-20-24;13-9-1-5-11(6-2-9)17(15,16)12-7-3-10(14)4-8-12/h1-20,25H;1-8,13-14H. The molecule has 42 heavy (non-hydrogen) atoms. The summed E-state index contributed by atoms with van der Waals surface area (Å²) in [6, 6.07) is 54.6. The van der Waals surface area contributed by atoms with Crippen LogP contribution in [0.2, 0.25) is 0 Å². The van der Waals surface area contributed by atoms with Crippen molar-refractivity contribution >= 4 is 38.3 Å². The summed E-state index contributed by atoms with van der Waals surface area (Å²) in [5.41, 5.74) is 0. The molecule has 0 heterocycles. The Morgan fingerprint density at radius 3 is 0.833 bits per heavy atom. The first-order valence-electron chi connectivity index (χ1n) is 13.5.